The van der Waals surface area contributed by atoms with E-state index in [0.717, 1.165) is 11.1 Å². The van der Waals surface area contributed by atoms with E-state index in [0.29, 0.717) is 26.1 Å². The number of hydrogen-bond acceptors (Lipinski definition) is 6. The summed E-state index contributed by atoms with van der Waals surface area (Å²) in [5, 5.41) is 0.284. The van der Waals surface area contributed by atoms with Crippen molar-refractivity contribution in [2.24, 2.45) is 0 Å². The summed E-state index contributed by atoms with van der Waals surface area (Å²) >= 11 is 0. The maximum Gasteiger partial charge on any atom is 0.272 e. The molecule has 2 saturated heterocycles. The van der Waals surface area contributed by atoms with Gasteiger partial charge in [0.05, 0.1) is 25.4 Å². The van der Waals surface area contributed by atoms with Crippen LogP contribution in [0.25, 0.3) is 12.2 Å². The van der Waals surface area contributed by atoms with Gasteiger partial charge in [-0.25, -0.2) is 0 Å². The van der Waals surface area contributed by atoms with Gasteiger partial charge < -0.3 is 28.9 Å². The highest BCUT2D eigenvalue weighted by Crippen LogP contribution is 2.42. The smallest absolute Gasteiger partial charge is 0.272 e. The summed E-state index contributed by atoms with van der Waals surface area (Å²) in [5.74, 6) is 0. The lowest BCUT2D eigenvalue weighted by Crippen LogP contribution is -2.52. The number of fused-ring (bicyclic) bond motifs is 4. The van der Waals surface area contributed by atoms with Crippen LogP contribution in [-0.4, -0.2) is 45.6 Å². The minimum absolute atomic E-state index is 0.0945. The molecule has 4 aliphatic heterocycles. The van der Waals surface area contributed by atoms with Crippen LogP contribution in [0.15, 0.2) is 94.6 Å². The van der Waals surface area contributed by atoms with Crippen LogP contribution in [0.4, 0.5) is 0 Å². The Morgan fingerprint density at radius 2 is 1.10 bits per heavy atom. The van der Waals surface area contributed by atoms with Crippen molar-refractivity contribution < 1.29 is 18.9 Å². The average Bonchev–Trinajstić information content (AvgIpc) is 3.77. The predicted molar refractivity (Wildman–Crippen MR) is 149 cm³/mol. The number of H-pyrrole nitrogens is 2. The van der Waals surface area contributed by atoms with Crippen molar-refractivity contribution in [3.8, 4) is 0 Å². The van der Waals surface area contributed by atoms with Crippen molar-refractivity contribution in [2.45, 2.75) is 61.7 Å². The lowest BCUT2D eigenvalue weighted by atomic mass is 9.88. The van der Waals surface area contributed by atoms with E-state index < -0.39 is 22.3 Å². The fraction of sp³-hybridized carbons (Fsp3) is 0.312. The summed E-state index contributed by atoms with van der Waals surface area (Å²) < 4.78 is 24.9. The van der Waals surface area contributed by atoms with E-state index in [2.05, 4.69) is 9.97 Å². The Hall–Kier alpha value is -3.82. The topological polar surface area (TPSA) is 103 Å². The van der Waals surface area contributed by atoms with Crippen LogP contribution in [-0.2, 0) is 32.2 Å². The molecule has 0 aliphatic carbocycles. The predicted octanol–water partition coefficient (Wildman–Crippen LogP) is 1.99. The molecule has 40 heavy (non-hydrogen) atoms. The van der Waals surface area contributed by atoms with Crippen molar-refractivity contribution in [1.82, 2.24) is 9.97 Å². The lowest BCUT2D eigenvalue weighted by molar-refractivity contribution is -0.0397. The van der Waals surface area contributed by atoms with Crippen molar-refractivity contribution in [3.63, 3.8) is 0 Å². The molecule has 0 saturated carbocycles. The summed E-state index contributed by atoms with van der Waals surface area (Å²) in [4.78, 5) is 32.3. The molecule has 204 valence electrons. The van der Waals surface area contributed by atoms with Crippen LogP contribution in [0.2, 0.25) is 0 Å². The first kappa shape index (κ1) is 25.2. The van der Waals surface area contributed by atoms with E-state index in [1.54, 1.807) is 12.2 Å². The number of rotatable bonds is 8. The van der Waals surface area contributed by atoms with Crippen LogP contribution in [0.5, 0.6) is 0 Å². The number of hydrogen-bond donors (Lipinski definition) is 2. The van der Waals surface area contributed by atoms with E-state index in [4.69, 9.17) is 18.9 Å². The van der Waals surface area contributed by atoms with Gasteiger partial charge in [-0.3, -0.25) is 9.59 Å². The molecule has 4 bridgehead atoms. The molecule has 0 unspecified atom stereocenters. The number of benzene rings is 2. The van der Waals surface area contributed by atoms with Gasteiger partial charge in [0.1, 0.15) is 34.1 Å². The highest BCUT2D eigenvalue weighted by atomic mass is 16.6. The first-order valence-corrected chi connectivity index (χ1v) is 13.6. The molecule has 2 aromatic carbocycles. The Morgan fingerprint density at radius 3 is 1.45 bits per heavy atom. The van der Waals surface area contributed by atoms with Gasteiger partial charge in [-0.15, -0.1) is 0 Å². The number of ether oxygens (including phenoxy) is 4. The maximum absolute atomic E-state index is 13.3. The molecule has 5 heterocycles. The molecule has 3 aromatic rings. The van der Waals surface area contributed by atoms with Crippen molar-refractivity contribution >= 4 is 12.2 Å². The molecule has 8 heteroatoms. The van der Waals surface area contributed by atoms with Crippen LogP contribution in [0, 0.1) is 0 Å². The summed E-state index contributed by atoms with van der Waals surface area (Å²) in [6.45, 7) is 0.701. The van der Waals surface area contributed by atoms with Crippen LogP contribution in [0.1, 0.15) is 24.0 Å². The van der Waals surface area contributed by atoms with Gasteiger partial charge in [0.2, 0.25) is 0 Å². The number of aromatic amines is 2. The first-order chi connectivity index (χ1) is 19.5. The highest BCUT2D eigenvalue weighted by Gasteiger charge is 2.51. The van der Waals surface area contributed by atoms with Crippen molar-refractivity contribution in [3.05, 3.63) is 128 Å². The molecular formula is C32H30N2O6. The molecule has 2 fully saturated rings. The van der Waals surface area contributed by atoms with E-state index in [1.807, 2.05) is 85.0 Å². The van der Waals surface area contributed by atoms with Crippen LogP contribution >= 0.6 is 0 Å². The Kier molecular flexibility index (Phi) is 6.28. The van der Waals surface area contributed by atoms with E-state index in [-0.39, 0.29) is 35.1 Å². The largest absolute Gasteiger partial charge is 0.363 e. The summed E-state index contributed by atoms with van der Waals surface area (Å²) in [6.07, 6.45) is 11.6. The molecule has 1 aromatic heterocycles. The zero-order valence-corrected chi connectivity index (χ0v) is 21.8. The Labute approximate surface area is 230 Å². The number of nitrogens with one attached hydrogen (secondary N) is 2. The number of aromatic nitrogens is 2. The minimum atomic E-state index is -0.875. The molecular weight excluding hydrogens is 508 g/mol. The van der Waals surface area contributed by atoms with Gasteiger partial charge in [-0.05, 0) is 23.3 Å². The molecule has 2 N–H and O–H groups in total. The van der Waals surface area contributed by atoms with Gasteiger partial charge in [-0.2, -0.15) is 0 Å². The Bertz CT molecular complexity index is 1570. The normalized spacial score (nSPS) is 32.5. The van der Waals surface area contributed by atoms with E-state index in [1.165, 1.54) is 0 Å². The fourth-order valence-electron chi connectivity index (χ4n) is 6.07. The second-order valence-corrected chi connectivity index (χ2v) is 10.9. The van der Waals surface area contributed by atoms with E-state index in [9.17, 15) is 9.59 Å². The molecule has 0 radical (unpaired) electrons. The second-order valence-electron chi connectivity index (χ2n) is 10.9. The standard InChI is InChI=1S/C32H30N2O6/c35-29-25(17-31(15-23-11-13-27(31)39-23)37-19-21-7-3-1-4-8-21)33-30(36)26(34-29)18-32(16-24-12-14-28(32)40-24)38-20-22-9-5-2-6-10-22/h1-14,17-18,23-24,27-28H,15-16,19-20H2,(H,33,36)(H,34,35)/b25-17-,26-18-/t23-,24-,27+,28+,31+,32+/m1/s1. The monoisotopic (exact) mass is 538 g/mol. The minimum Gasteiger partial charge on any atom is -0.363 e. The van der Waals surface area contributed by atoms with Gasteiger partial charge in [-0.1, -0.05) is 85.0 Å². The molecule has 6 atom stereocenters. The Morgan fingerprint density at radius 1 is 0.675 bits per heavy atom. The van der Waals surface area contributed by atoms with Crippen molar-refractivity contribution in [1.29, 1.82) is 0 Å². The van der Waals surface area contributed by atoms with Crippen LogP contribution < -0.4 is 21.8 Å². The van der Waals surface area contributed by atoms with Gasteiger partial charge in [0.25, 0.3) is 11.1 Å². The molecule has 8 nitrogen and oxygen atoms in total. The quantitative estimate of drug-likeness (QED) is 0.426. The summed E-state index contributed by atoms with van der Waals surface area (Å²) in [7, 11) is 0. The molecule has 4 aliphatic rings. The van der Waals surface area contributed by atoms with Gasteiger partial charge >= 0.3 is 0 Å². The molecule has 7 rings (SSSR count). The van der Waals surface area contributed by atoms with Crippen molar-refractivity contribution in [2.75, 3.05) is 0 Å². The SMILES string of the molecule is O=c1[nH]/c(=C\[C@@]2(OCc3ccccc3)C[C@H]3C=C[C@@H]2O3)c(=O)[nH]/c1=C\[C@@]1(OCc2ccccc2)C[C@H]2C=C[C@@H]1O2. The average molecular weight is 539 g/mol. The fourth-order valence-corrected chi connectivity index (χ4v) is 6.07. The van der Waals surface area contributed by atoms with Gasteiger partial charge in [0, 0.05) is 12.8 Å². The third-order valence-electron chi connectivity index (χ3n) is 8.11. The first-order valence-electron chi connectivity index (χ1n) is 13.6. The molecule has 0 amide bonds. The second kappa shape index (κ2) is 9.98. The van der Waals surface area contributed by atoms with Crippen LogP contribution in [0.3, 0.4) is 0 Å². The highest BCUT2D eigenvalue weighted by molar-refractivity contribution is 5.43. The third kappa shape index (κ3) is 4.63. The lowest BCUT2D eigenvalue weighted by Gasteiger charge is -2.30. The van der Waals surface area contributed by atoms with Gasteiger partial charge in [0.15, 0.2) is 0 Å². The molecule has 0 spiro atoms. The summed E-state index contributed by atoms with van der Waals surface area (Å²) in [6, 6.07) is 19.7. The third-order valence-corrected chi connectivity index (χ3v) is 8.11. The zero-order chi connectivity index (χ0) is 27.2. The maximum atomic E-state index is 13.3. The van der Waals surface area contributed by atoms with E-state index >= 15 is 0 Å². The summed E-state index contributed by atoms with van der Waals surface area (Å²) in [5.41, 5.74) is -0.565. The Balaban J connectivity index is 1.24. The zero-order valence-electron chi connectivity index (χ0n) is 21.8.